The molecule has 0 atom stereocenters. The summed E-state index contributed by atoms with van der Waals surface area (Å²) in [4.78, 5) is 0. The number of ether oxygens (including phenoxy) is 2. The SMILES string of the molecule is COc1cc(CC[B][B]C2=CCCC=C2)cc(OC)c1O. The summed E-state index contributed by atoms with van der Waals surface area (Å²) < 4.78 is 10.3. The third-order valence-corrected chi connectivity index (χ3v) is 3.47. The minimum atomic E-state index is 0.0526. The Balaban J connectivity index is 1.88. The fourth-order valence-corrected chi connectivity index (χ4v) is 2.32. The number of aromatic hydroxyl groups is 1. The highest BCUT2D eigenvalue weighted by Gasteiger charge is 2.11. The van der Waals surface area contributed by atoms with Gasteiger partial charge in [-0.2, -0.15) is 0 Å². The van der Waals surface area contributed by atoms with Gasteiger partial charge in [0.2, 0.25) is 5.75 Å². The Kier molecular flexibility index (Phi) is 5.85. The molecule has 1 aliphatic carbocycles. The molecule has 0 saturated heterocycles. The number of hydrogen-bond acceptors (Lipinski definition) is 3. The van der Waals surface area contributed by atoms with Crippen LogP contribution in [0.3, 0.4) is 0 Å². The van der Waals surface area contributed by atoms with E-state index < -0.39 is 0 Å². The zero-order chi connectivity index (χ0) is 15.1. The summed E-state index contributed by atoms with van der Waals surface area (Å²) in [6.45, 7) is 0. The van der Waals surface area contributed by atoms with Gasteiger partial charge in [0.15, 0.2) is 11.5 Å². The number of phenolic OH excluding ortho intramolecular Hbond substituents is 1. The van der Waals surface area contributed by atoms with Gasteiger partial charge in [0.1, 0.15) is 7.17 Å². The maximum absolute atomic E-state index is 9.88. The highest BCUT2D eigenvalue weighted by Crippen LogP contribution is 2.37. The van der Waals surface area contributed by atoms with E-state index in [4.69, 9.17) is 9.47 Å². The first-order chi connectivity index (χ1) is 10.2. The van der Waals surface area contributed by atoms with Gasteiger partial charge in [0.05, 0.1) is 21.4 Å². The summed E-state index contributed by atoms with van der Waals surface area (Å²) in [5, 5.41) is 9.88. The standard InChI is InChI=1S/C16H20B2O3/c1-20-14-10-12(11-15(21-2)16(14)19)8-9-17-18-13-6-4-3-5-7-13/h4,6-7,10-11,19H,3,5,8-9H2,1-2H3. The molecule has 2 rings (SSSR count). The van der Waals surface area contributed by atoms with E-state index in [1.807, 2.05) is 12.1 Å². The second-order valence-corrected chi connectivity index (χ2v) is 4.97. The Hall–Kier alpha value is -1.77. The third-order valence-electron chi connectivity index (χ3n) is 3.47. The van der Waals surface area contributed by atoms with Crippen LogP contribution in [0.25, 0.3) is 0 Å². The molecule has 0 aromatic heterocycles. The van der Waals surface area contributed by atoms with E-state index in [0.717, 1.165) is 31.1 Å². The summed E-state index contributed by atoms with van der Waals surface area (Å²) >= 11 is 0. The quantitative estimate of drug-likeness (QED) is 0.617. The van der Waals surface area contributed by atoms with Gasteiger partial charge in [-0.15, -0.1) is 5.47 Å². The molecule has 1 aromatic rings. The van der Waals surface area contributed by atoms with Gasteiger partial charge in [-0.3, -0.25) is 0 Å². The van der Waals surface area contributed by atoms with Crippen LogP contribution in [0.4, 0.5) is 0 Å². The second-order valence-electron chi connectivity index (χ2n) is 4.97. The average molecular weight is 282 g/mol. The van der Waals surface area contributed by atoms with Crippen LogP contribution in [0.5, 0.6) is 17.2 Å². The fourth-order valence-electron chi connectivity index (χ4n) is 2.32. The van der Waals surface area contributed by atoms with Crippen LogP contribution in [0.15, 0.2) is 35.8 Å². The summed E-state index contributed by atoms with van der Waals surface area (Å²) in [5.41, 5.74) is 2.36. The maximum atomic E-state index is 9.88. The molecule has 0 bridgehead atoms. The molecular formula is C16H20B2O3. The summed E-state index contributed by atoms with van der Waals surface area (Å²) in [6, 6.07) is 3.71. The van der Waals surface area contributed by atoms with E-state index in [9.17, 15) is 5.11 Å². The van der Waals surface area contributed by atoms with Crippen LogP contribution in [-0.4, -0.2) is 33.7 Å². The Morgan fingerprint density at radius 2 is 1.86 bits per heavy atom. The molecule has 0 heterocycles. The number of benzene rings is 1. The topological polar surface area (TPSA) is 38.7 Å². The van der Waals surface area contributed by atoms with Crippen LogP contribution >= 0.6 is 0 Å². The Labute approximate surface area is 128 Å². The smallest absolute Gasteiger partial charge is 0.200 e. The minimum absolute atomic E-state index is 0.0526. The number of methoxy groups -OCH3 is 2. The lowest BCUT2D eigenvalue weighted by Gasteiger charge is -2.11. The predicted molar refractivity (Wildman–Crippen MR) is 87.7 cm³/mol. The predicted octanol–water partition coefficient (Wildman–Crippen LogP) is 2.93. The molecule has 0 spiro atoms. The lowest BCUT2D eigenvalue weighted by molar-refractivity contribution is 0.339. The van der Waals surface area contributed by atoms with Gasteiger partial charge in [-0.1, -0.05) is 24.5 Å². The zero-order valence-corrected chi connectivity index (χ0v) is 12.6. The van der Waals surface area contributed by atoms with Crippen molar-refractivity contribution < 1.29 is 14.6 Å². The van der Waals surface area contributed by atoms with Gasteiger partial charge in [0.25, 0.3) is 0 Å². The first-order valence-corrected chi connectivity index (χ1v) is 7.21. The Morgan fingerprint density at radius 1 is 1.14 bits per heavy atom. The Bertz CT molecular complexity index is 513. The van der Waals surface area contributed by atoms with E-state index in [1.165, 1.54) is 5.47 Å². The number of hydrogen-bond donors (Lipinski definition) is 1. The van der Waals surface area contributed by atoms with Gasteiger partial charge < -0.3 is 14.6 Å². The fraction of sp³-hybridized carbons (Fsp3) is 0.375. The minimum Gasteiger partial charge on any atom is -0.502 e. The molecule has 108 valence electrons. The monoisotopic (exact) mass is 282 g/mol. The first-order valence-electron chi connectivity index (χ1n) is 7.21. The van der Waals surface area contributed by atoms with Crippen molar-refractivity contribution >= 4 is 14.3 Å². The zero-order valence-electron chi connectivity index (χ0n) is 12.6. The highest BCUT2D eigenvalue weighted by molar-refractivity contribution is 7.04. The van der Waals surface area contributed by atoms with E-state index >= 15 is 0 Å². The Morgan fingerprint density at radius 3 is 2.43 bits per heavy atom. The van der Waals surface area contributed by atoms with Gasteiger partial charge in [-0.25, -0.2) is 0 Å². The van der Waals surface area contributed by atoms with Crippen LogP contribution in [0, 0.1) is 0 Å². The molecule has 2 radical (unpaired) electrons. The number of rotatable bonds is 7. The van der Waals surface area contributed by atoms with E-state index in [-0.39, 0.29) is 5.75 Å². The van der Waals surface area contributed by atoms with Gasteiger partial charge in [-0.05, 0) is 37.0 Å². The number of allylic oxidation sites excluding steroid dienone is 4. The van der Waals surface area contributed by atoms with E-state index in [1.54, 1.807) is 14.2 Å². The van der Waals surface area contributed by atoms with Crippen molar-refractivity contribution in [1.29, 1.82) is 0 Å². The molecule has 3 nitrogen and oxygen atoms in total. The summed E-state index contributed by atoms with van der Waals surface area (Å²) in [5.74, 6) is 0.953. The average Bonchev–Trinajstić information content (AvgIpc) is 2.53. The molecule has 0 fully saturated rings. The van der Waals surface area contributed by atoms with Crippen LogP contribution in [0.2, 0.25) is 6.32 Å². The molecule has 5 heteroatoms. The van der Waals surface area contributed by atoms with Crippen molar-refractivity contribution in [2.24, 2.45) is 0 Å². The molecule has 1 N–H and O–H groups in total. The highest BCUT2D eigenvalue weighted by atomic mass is 16.5. The molecular weight excluding hydrogens is 262 g/mol. The van der Waals surface area contributed by atoms with Gasteiger partial charge >= 0.3 is 0 Å². The molecule has 1 aromatic carbocycles. The lowest BCUT2D eigenvalue weighted by Crippen LogP contribution is -2.08. The van der Waals surface area contributed by atoms with Gasteiger partial charge in [0, 0.05) is 0 Å². The van der Waals surface area contributed by atoms with Crippen molar-refractivity contribution in [3.05, 3.63) is 41.4 Å². The van der Waals surface area contributed by atoms with Crippen LogP contribution in [0.1, 0.15) is 18.4 Å². The maximum Gasteiger partial charge on any atom is 0.200 e. The number of aryl methyl sites for hydroxylation is 1. The molecule has 0 saturated carbocycles. The van der Waals surface area contributed by atoms with E-state index in [0.29, 0.717) is 11.5 Å². The lowest BCUT2D eigenvalue weighted by atomic mass is 9.34. The number of phenols is 1. The van der Waals surface area contributed by atoms with Crippen molar-refractivity contribution in [2.45, 2.75) is 25.6 Å². The molecule has 0 aliphatic heterocycles. The molecule has 0 unspecified atom stereocenters. The normalized spacial score (nSPS) is 13.5. The van der Waals surface area contributed by atoms with Crippen LogP contribution < -0.4 is 9.47 Å². The molecule has 21 heavy (non-hydrogen) atoms. The third kappa shape index (κ3) is 4.35. The molecule has 0 amide bonds. The van der Waals surface area contributed by atoms with Crippen molar-refractivity contribution in [3.8, 4) is 17.2 Å². The van der Waals surface area contributed by atoms with E-state index in [2.05, 4.69) is 32.6 Å². The largest absolute Gasteiger partial charge is 0.502 e. The first kappa shape index (κ1) is 15.6. The summed E-state index contributed by atoms with van der Waals surface area (Å²) in [6.07, 6.45) is 10.7. The summed E-state index contributed by atoms with van der Waals surface area (Å²) in [7, 11) is 7.41. The van der Waals surface area contributed by atoms with Crippen LogP contribution in [-0.2, 0) is 6.42 Å². The van der Waals surface area contributed by atoms with Crippen molar-refractivity contribution in [1.82, 2.24) is 0 Å². The second kappa shape index (κ2) is 7.87. The van der Waals surface area contributed by atoms with Crippen molar-refractivity contribution in [2.75, 3.05) is 14.2 Å². The van der Waals surface area contributed by atoms with Crippen molar-refractivity contribution in [3.63, 3.8) is 0 Å². The molecule has 1 aliphatic rings.